The van der Waals surface area contributed by atoms with E-state index in [9.17, 15) is 18.8 Å². The number of fused-ring (bicyclic) bond motifs is 3. The van der Waals surface area contributed by atoms with Gasteiger partial charge in [-0.3, -0.25) is 19.3 Å². The number of carbonyl (C=O) groups excluding carboxylic acids is 3. The Kier molecular flexibility index (Phi) is 7.14. The van der Waals surface area contributed by atoms with Crippen LogP contribution in [0.4, 0.5) is 15.8 Å². The summed E-state index contributed by atoms with van der Waals surface area (Å²) >= 11 is 0. The Morgan fingerprint density at radius 2 is 1.79 bits per heavy atom. The van der Waals surface area contributed by atoms with Crippen molar-refractivity contribution >= 4 is 29.1 Å². The van der Waals surface area contributed by atoms with Gasteiger partial charge in [-0.1, -0.05) is 12.1 Å². The van der Waals surface area contributed by atoms with Gasteiger partial charge in [0.2, 0.25) is 11.8 Å². The van der Waals surface area contributed by atoms with Crippen LogP contribution in [-0.2, 0) is 16.1 Å². The molecule has 34 heavy (non-hydrogen) atoms. The van der Waals surface area contributed by atoms with Crippen LogP contribution in [0.15, 0.2) is 42.5 Å². The Morgan fingerprint density at radius 1 is 1.06 bits per heavy atom. The SMILES string of the molecule is CCN(CC)C(=O)c1ccc2c(c1)N(CC(=O)NCc1ccc(F)cc1)C(=O)[C@H]1CCCCN21. The van der Waals surface area contributed by atoms with Crippen LogP contribution in [0.1, 0.15) is 49.0 Å². The van der Waals surface area contributed by atoms with Crippen LogP contribution in [-0.4, -0.2) is 54.8 Å². The summed E-state index contributed by atoms with van der Waals surface area (Å²) in [5.41, 5.74) is 2.75. The molecule has 1 saturated heterocycles. The lowest BCUT2D eigenvalue weighted by Crippen LogP contribution is -2.57. The molecule has 2 aromatic rings. The topological polar surface area (TPSA) is 73.0 Å². The van der Waals surface area contributed by atoms with Crippen LogP contribution >= 0.6 is 0 Å². The smallest absolute Gasteiger partial charge is 0.253 e. The van der Waals surface area contributed by atoms with Crippen LogP contribution in [0, 0.1) is 5.82 Å². The molecule has 1 N–H and O–H groups in total. The van der Waals surface area contributed by atoms with Gasteiger partial charge in [0.15, 0.2) is 0 Å². The van der Waals surface area contributed by atoms with Gasteiger partial charge in [0.1, 0.15) is 18.4 Å². The summed E-state index contributed by atoms with van der Waals surface area (Å²) in [4.78, 5) is 44.6. The number of rotatable bonds is 7. The van der Waals surface area contributed by atoms with Crippen molar-refractivity contribution in [3.05, 3.63) is 59.4 Å². The van der Waals surface area contributed by atoms with Gasteiger partial charge in [-0.15, -0.1) is 0 Å². The second-order valence-corrected chi connectivity index (χ2v) is 8.71. The lowest BCUT2D eigenvalue weighted by molar-refractivity contribution is -0.125. The van der Waals surface area contributed by atoms with Crippen LogP contribution in [0.3, 0.4) is 0 Å². The van der Waals surface area contributed by atoms with Crippen molar-refractivity contribution in [2.45, 2.75) is 45.7 Å². The van der Waals surface area contributed by atoms with Crippen LogP contribution < -0.4 is 15.1 Å². The molecule has 8 heteroatoms. The minimum Gasteiger partial charge on any atom is -0.358 e. The lowest BCUT2D eigenvalue weighted by atomic mass is 9.95. The number of anilines is 2. The number of piperidine rings is 1. The summed E-state index contributed by atoms with van der Waals surface area (Å²) in [6, 6.07) is 11.1. The third-order valence-electron chi connectivity index (χ3n) is 6.63. The molecule has 1 atom stereocenters. The standard InChI is InChI=1S/C26H31FN4O3/c1-3-29(4-2)25(33)19-10-13-21-23(15-19)31(26(34)22-7-5-6-14-30(21)22)17-24(32)28-16-18-8-11-20(27)12-9-18/h8-13,15,22H,3-7,14,16-17H2,1-2H3,(H,28,32)/t22-/m1/s1. The zero-order chi connectivity index (χ0) is 24.2. The summed E-state index contributed by atoms with van der Waals surface area (Å²) < 4.78 is 13.1. The summed E-state index contributed by atoms with van der Waals surface area (Å²) in [5.74, 6) is -0.857. The fourth-order valence-corrected chi connectivity index (χ4v) is 4.75. The Labute approximate surface area is 199 Å². The van der Waals surface area contributed by atoms with Gasteiger partial charge < -0.3 is 15.1 Å². The summed E-state index contributed by atoms with van der Waals surface area (Å²) in [5, 5.41) is 2.82. The van der Waals surface area contributed by atoms with Gasteiger partial charge in [-0.05, 0) is 69.0 Å². The highest BCUT2D eigenvalue weighted by molar-refractivity contribution is 6.09. The van der Waals surface area contributed by atoms with Crippen molar-refractivity contribution in [1.29, 1.82) is 0 Å². The summed E-state index contributed by atoms with van der Waals surface area (Å²) in [7, 11) is 0. The van der Waals surface area contributed by atoms with Gasteiger partial charge in [-0.25, -0.2) is 4.39 Å². The number of carbonyl (C=O) groups is 3. The molecule has 0 unspecified atom stereocenters. The molecule has 180 valence electrons. The van der Waals surface area contributed by atoms with E-state index in [2.05, 4.69) is 10.2 Å². The first-order valence-corrected chi connectivity index (χ1v) is 12.0. The maximum absolute atomic E-state index is 13.5. The Bertz CT molecular complexity index is 1070. The fourth-order valence-electron chi connectivity index (χ4n) is 4.75. The predicted octanol–water partition coefficient (Wildman–Crippen LogP) is 3.33. The number of amides is 3. The van der Waals surface area contributed by atoms with Crippen molar-refractivity contribution in [3.8, 4) is 0 Å². The van der Waals surface area contributed by atoms with Crippen LogP contribution in [0.2, 0.25) is 0 Å². The summed E-state index contributed by atoms with van der Waals surface area (Å²) in [6.07, 6.45) is 2.71. The van der Waals surface area contributed by atoms with Crippen molar-refractivity contribution in [2.75, 3.05) is 36.0 Å². The van der Waals surface area contributed by atoms with Crippen LogP contribution in [0.5, 0.6) is 0 Å². The van der Waals surface area contributed by atoms with Crippen molar-refractivity contribution in [1.82, 2.24) is 10.2 Å². The molecule has 0 spiro atoms. The molecule has 0 bridgehead atoms. The van der Waals surface area contributed by atoms with E-state index in [1.165, 1.54) is 17.0 Å². The van der Waals surface area contributed by atoms with Crippen LogP contribution in [0.25, 0.3) is 0 Å². The van der Waals surface area contributed by atoms with E-state index in [0.29, 0.717) is 24.3 Å². The highest BCUT2D eigenvalue weighted by atomic mass is 19.1. The highest BCUT2D eigenvalue weighted by Gasteiger charge is 2.40. The van der Waals surface area contributed by atoms with Crippen molar-refractivity contribution < 1.29 is 18.8 Å². The summed E-state index contributed by atoms with van der Waals surface area (Å²) in [6.45, 7) is 5.92. The molecule has 0 saturated carbocycles. The zero-order valence-corrected chi connectivity index (χ0v) is 19.7. The second-order valence-electron chi connectivity index (χ2n) is 8.71. The average Bonchev–Trinajstić information content (AvgIpc) is 2.86. The maximum atomic E-state index is 13.5. The monoisotopic (exact) mass is 466 g/mol. The number of hydrogen-bond acceptors (Lipinski definition) is 4. The highest BCUT2D eigenvalue weighted by Crippen LogP contribution is 2.40. The first kappa shape index (κ1) is 23.7. The molecule has 2 aliphatic heterocycles. The Hall–Kier alpha value is -3.42. The molecule has 0 radical (unpaired) electrons. The molecular weight excluding hydrogens is 435 g/mol. The largest absolute Gasteiger partial charge is 0.358 e. The normalized spacial score (nSPS) is 17.1. The number of nitrogens with one attached hydrogen (secondary N) is 1. The van der Waals surface area contributed by atoms with E-state index in [1.807, 2.05) is 26.0 Å². The van der Waals surface area contributed by atoms with E-state index < -0.39 is 0 Å². The second kappa shape index (κ2) is 10.2. The Morgan fingerprint density at radius 3 is 2.50 bits per heavy atom. The molecule has 2 aliphatic rings. The molecule has 2 heterocycles. The van der Waals surface area contributed by atoms with Gasteiger partial charge in [-0.2, -0.15) is 0 Å². The zero-order valence-electron chi connectivity index (χ0n) is 19.7. The van der Waals surface area contributed by atoms with E-state index in [-0.39, 0.29) is 42.7 Å². The van der Waals surface area contributed by atoms with E-state index >= 15 is 0 Å². The lowest BCUT2D eigenvalue weighted by Gasteiger charge is -2.45. The third kappa shape index (κ3) is 4.76. The molecule has 1 fully saturated rings. The van der Waals surface area contributed by atoms with Gasteiger partial charge in [0.25, 0.3) is 5.91 Å². The van der Waals surface area contributed by atoms with Gasteiger partial charge in [0, 0.05) is 31.7 Å². The molecule has 0 aliphatic carbocycles. The quantitative estimate of drug-likeness (QED) is 0.680. The Balaban J connectivity index is 1.60. The van der Waals surface area contributed by atoms with E-state index in [1.54, 1.807) is 23.1 Å². The molecule has 0 aromatic heterocycles. The molecule has 2 aromatic carbocycles. The molecule has 3 amide bonds. The minimum atomic E-state index is -0.335. The number of nitrogens with zero attached hydrogens (tertiary/aromatic N) is 3. The average molecular weight is 467 g/mol. The van der Waals surface area contributed by atoms with Gasteiger partial charge in [0.05, 0.1) is 11.4 Å². The van der Waals surface area contributed by atoms with Crippen molar-refractivity contribution in [2.24, 2.45) is 0 Å². The number of benzene rings is 2. The molecule has 4 rings (SSSR count). The van der Waals surface area contributed by atoms with Gasteiger partial charge >= 0.3 is 0 Å². The number of halogens is 1. The predicted molar refractivity (Wildman–Crippen MR) is 129 cm³/mol. The molecule has 7 nitrogen and oxygen atoms in total. The van der Waals surface area contributed by atoms with Crippen molar-refractivity contribution in [3.63, 3.8) is 0 Å². The first-order chi connectivity index (χ1) is 16.4. The fraction of sp³-hybridized carbons (Fsp3) is 0.423. The minimum absolute atomic E-state index is 0.0956. The third-order valence-corrected chi connectivity index (χ3v) is 6.63. The van der Waals surface area contributed by atoms with E-state index in [4.69, 9.17) is 0 Å². The molecular formula is C26H31FN4O3. The van der Waals surface area contributed by atoms with E-state index in [0.717, 1.165) is 37.1 Å². The first-order valence-electron chi connectivity index (χ1n) is 12.0. The number of hydrogen-bond donors (Lipinski definition) is 1. The maximum Gasteiger partial charge on any atom is 0.253 e.